The van der Waals surface area contributed by atoms with Crippen molar-refractivity contribution >= 4 is 23.4 Å². The molecule has 7 heteroatoms. The van der Waals surface area contributed by atoms with Gasteiger partial charge in [0.25, 0.3) is 0 Å². The lowest BCUT2D eigenvalue weighted by Gasteiger charge is -2.18. The summed E-state index contributed by atoms with van der Waals surface area (Å²) in [6.45, 7) is 8.05. The highest BCUT2D eigenvalue weighted by Crippen LogP contribution is 2.31. The second-order valence-electron chi connectivity index (χ2n) is 4.91. The third-order valence-corrected chi connectivity index (χ3v) is 3.65. The fraction of sp³-hybridized carbons (Fsp3) is 0.455. The van der Waals surface area contributed by atoms with E-state index < -0.39 is 0 Å². The Morgan fingerprint density at radius 3 is 2.56 bits per heavy atom. The van der Waals surface area contributed by atoms with E-state index >= 15 is 0 Å². The van der Waals surface area contributed by atoms with Gasteiger partial charge in [0.15, 0.2) is 5.16 Å². The molecule has 96 valence electrons. The summed E-state index contributed by atoms with van der Waals surface area (Å²) in [5.74, 6) is 0.722. The summed E-state index contributed by atoms with van der Waals surface area (Å²) in [5, 5.41) is 8.57. The van der Waals surface area contributed by atoms with Crippen molar-refractivity contribution in [3.8, 4) is 0 Å². The first kappa shape index (κ1) is 13.3. The molecule has 0 spiro atoms. The lowest BCUT2D eigenvalue weighted by molar-refractivity contribution is 0.537. The van der Waals surface area contributed by atoms with E-state index in [4.69, 9.17) is 11.6 Å². The maximum Gasteiger partial charge on any atom is 0.189 e. The highest BCUT2D eigenvalue weighted by molar-refractivity contribution is 7.99. The Hall–Kier alpha value is -1.14. The second kappa shape index (κ2) is 4.85. The Kier molecular flexibility index (Phi) is 3.59. The number of aromatic nitrogens is 5. The first-order chi connectivity index (χ1) is 8.38. The quantitative estimate of drug-likeness (QED) is 0.858. The van der Waals surface area contributed by atoms with Crippen molar-refractivity contribution in [3.63, 3.8) is 0 Å². The van der Waals surface area contributed by atoms with Crippen molar-refractivity contribution in [2.75, 3.05) is 0 Å². The molecule has 0 radical (unpaired) electrons. The molecule has 2 aromatic heterocycles. The Bertz CT molecular complexity index is 547. The third-order valence-electron chi connectivity index (χ3n) is 2.30. The van der Waals surface area contributed by atoms with Crippen LogP contribution in [0.2, 0.25) is 5.15 Å². The molecule has 0 saturated heterocycles. The molecule has 2 rings (SSSR count). The summed E-state index contributed by atoms with van der Waals surface area (Å²) in [6, 6.07) is 0. The Morgan fingerprint density at radius 2 is 2.00 bits per heavy atom. The molecule has 0 atom stereocenters. The van der Waals surface area contributed by atoms with Crippen LogP contribution < -0.4 is 0 Å². The van der Waals surface area contributed by atoms with E-state index in [9.17, 15) is 0 Å². The number of hydrogen-bond donors (Lipinski definition) is 1. The standard InChI is InChI=1S/C11H14ClN5S/c1-6-7(12)15-9(11(2,3)4)16-8(6)18-10-13-5-14-17-10/h5H,1-4H3,(H,13,14,17). The average molecular weight is 284 g/mol. The van der Waals surface area contributed by atoms with Crippen LogP contribution in [0, 0.1) is 6.92 Å². The number of rotatable bonds is 2. The van der Waals surface area contributed by atoms with Crippen LogP contribution in [0.1, 0.15) is 32.2 Å². The fourth-order valence-corrected chi connectivity index (χ4v) is 2.23. The molecule has 18 heavy (non-hydrogen) atoms. The lowest BCUT2D eigenvalue weighted by Crippen LogP contribution is -2.17. The summed E-state index contributed by atoms with van der Waals surface area (Å²) in [5.41, 5.74) is 0.708. The summed E-state index contributed by atoms with van der Waals surface area (Å²) >= 11 is 7.56. The maximum absolute atomic E-state index is 6.15. The minimum Gasteiger partial charge on any atom is -0.254 e. The van der Waals surface area contributed by atoms with Gasteiger partial charge in [-0.05, 0) is 18.7 Å². The highest BCUT2D eigenvalue weighted by Gasteiger charge is 2.21. The third kappa shape index (κ3) is 2.81. The van der Waals surface area contributed by atoms with Gasteiger partial charge in [-0.1, -0.05) is 32.4 Å². The molecular formula is C11H14ClN5S. The Labute approximate surface area is 115 Å². The van der Waals surface area contributed by atoms with E-state index in [2.05, 4.69) is 45.9 Å². The zero-order valence-corrected chi connectivity index (χ0v) is 12.2. The van der Waals surface area contributed by atoms with Gasteiger partial charge in [-0.15, -0.1) is 0 Å². The van der Waals surface area contributed by atoms with Crippen LogP contribution in [0.15, 0.2) is 16.5 Å². The van der Waals surface area contributed by atoms with Crippen molar-refractivity contribution in [3.05, 3.63) is 22.9 Å². The monoisotopic (exact) mass is 283 g/mol. The van der Waals surface area contributed by atoms with Gasteiger partial charge < -0.3 is 0 Å². The van der Waals surface area contributed by atoms with E-state index in [1.807, 2.05) is 6.92 Å². The van der Waals surface area contributed by atoms with Gasteiger partial charge in [-0.3, -0.25) is 5.10 Å². The van der Waals surface area contributed by atoms with Crippen molar-refractivity contribution < 1.29 is 0 Å². The van der Waals surface area contributed by atoms with E-state index in [1.54, 1.807) is 0 Å². The molecule has 0 fully saturated rings. The van der Waals surface area contributed by atoms with E-state index in [-0.39, 0.29) is 5.41 Å². The van der Waals surface area contributed by atoms with Crippen LogP contribution in [0.3, 0.4) is 0 Å². The van der Waals surface area contributed by atoms with E-state index in [0.717, 1.165) is 16.4 Å². The van der Waals surface area contributed by atoms with Crippen molar-refractivity contribution in [2.45, 2.75) is 43.3 Å². The van der Waals surface area contributed by atoms with Gasteiger partial charge in [0.2, 0.25) is 0 Å². The van der Waals surface area contributed by atoms with Gasteiger partial charge in [-0.2, -0.15) is 5.10 Å². The minimum atomic E-state index is -0.145. The Balaban J connectivity index is 2.43. The highest BCUT2D eigenvalue weighted by atomic mass is 35.5. The van der Waals surface area contributed by atoms with Crippen molar-refractivity contribution in [1.29, 1.82) is 0 Å². The molecule has 5 nitrogen and oxygen atoms in total. The van der Waals surface area contributed by atoms with Crippen LogP contribution in [0.25, 0.3) is 0 Å². The first-order valence-corrected chi connectivity index (χ1v) is 6.65. The zero-order chi connectivity index (χ0) is 13.3. The lowest BCUT2D eigenvalue weighted by atomic mass is 9.96. The van der Waals surface area contributed by atoms with Crippen LogP contribution in [0.5, 0.6) is 0 Å². The van der Waals surface area contributed by atoms with Gasteiger partial charge in [0.1, 0.15) is 22.3 Å². The molecule has 0 aliphatic heterocycles. The second-order valence-corrected chi connectivity index (χ2v) is 6.25. The topological polar surface area (TPSA) is 67.3 Å². The zero-order valence-electron chi connectivity index (χ0n) is 10.7. The molecule has 0 saturated carbocycles. The molecular weight excluding hydrogens is 270 g/mol. The SMILES string of the molecule is Cc1c(Cl)nc(C(C)(C)C)nc1Sc1ncn[nH]1. The summed E-state index contributed by atoms with van der Waals surface area (Å²) in [6.07, 6.45) is 1.46. The molecule has 0 aliphatic carbocycles. The number of H-pyrrole nitrogens is 1. The first-order valence-electron chi connectivity index (χ1n) is 5.46. The number of nitrogens with zero attached hydrogens (tertiary/aromatic N) is 4. The van der Waals surface area contributed by atoms with E-state index in [1.165, 1.54) is 18.1 Å². The summed E-state index contributed by atoms with van der Waals surface area (Å²) in [4.78, 5) is 13.0. The molecule has 2 heterocycles. The molecule has 2 aromatic rings. The van der Waals surface area contributed by atoms with Crippen molar-refractivity contribution in [2.24, 2.45) is 0 Å². The van der Waals surface area contributed by atoms with Gasteiger partial charge in [0.05, 0.1) is 0 Å². The maximum atomic E-state index is 6.15. The molecule has 0 amide bonds. The van der Waals surface area contributed by atoms with Crippen LogP contribution in [-0.4, -0.2) is 25.1 Å². The van der Waals surface area contributed by atoms with Crippen LogP contribution >= 0.6 is 23.4 Å². The normalized spacial score (nSPS) is 11.8. The predicted octanol–water partition coefficient (Wildman–Crippen LogP) is 3.01. The largest absolute Gasteiger partial charge is 0.254 e. The minimum absolute atomic E-state index is 0.145. The number of halogens is 1. The Morgan fingerprint density at radius 1 is 1.28 bits per heavy atom. The van der Waals surface area contributed by atoms with Crippen LogP contribution in [-0.2, 0) is 5.41 Å². The molecule has 1 N–H and O–H groups in total. The summed E-state index contributed by atoms with van der Waals surface area (Å²) in [7, 11) is 0. The fourth-order valence-electron chi connectivity index (χ4n) is 1.24. The van der Waals surface area contributed by atoms with Gasteiger partial charge >= 0.3 is 0 Å². The van der Waals surface area contributed by atoms with Gasteiger partial charge in [-0.25, -0.2) is 15.0 Å². The molecule has 0 aromatic carbocycles. The van der Waals surface area contributed by atoms with E-state index in [0.29, 0.717) is 10.3 Å². The molecule has 0 unspecified atom stereocenters. The smallest absolute Gasteiger partial charge is 0.189 e. The summed E-state index contributed by atoms with van der Waals surface area (Å²) < 4.78 is 0. The number of nitrogens with one attached hydrogen (secondary N) is 1. The van der Waals surface area contributed by atoms with Gasteiger partial charge in [0, 0.05) is 11.0 Å². The number of hydrogen-bond acceptors (Lipinski definition) is 5. The molecule has 0 bridgehead atoms. The van der Waals surface area contributed by atoms with Crippen LogP contribution in [0.4, 0.5) is 0 Å². The predicted molar refractivity (Wildman–Crippen MR) is 71.0 cm³/mol. The average Bonchev–Trinajstić information content (AvgIpc) is 2.75. The molecule has 0 aliphatic rings. The number of aromatic amines is 1. The van der Waals surface area contributed by atoms with Crippen molar-refractivity contribution in [1.82, 2.24) is 25.1 Å².